The van der Waals surface area contributed by atoms with Crippen LogP contribution in [-0.4, -0.2) is 35.1 Å². The van der Waals surface area contributed by atoms with Gasteiger partial charge in [0.05, 0.1) is 18.8 Å². The fraction of sp³-hybridized carbons (Fsp3) is 0.316. The van der Waals surface area contributed by atoms with Crippen LogP contribution in [0, 0.1) is 0 Å². The van der Waals surface area contributed by atoms with Crippen LogP contribution in [0.15, 0.2) is 36.5 Å². The highest BCUT2D eigenvalue weighted by molar-refractivity contribution is 5.97. The average molecular weight is 351 g/mol. The van der Waals surface area contributed by atoms with Crippen LogP contribution < -0.4 is 16.4 Å². The minimum absolute atomic E-state index is 0.309. The molecule has 2 aromatic rings. The first-order chi connectivity index (χ1) is 12.7. The van der Waals surface area contributed by atoms with E-state index in [9.17, 15) is 4.79 Å². The third-order valence-electron chi connectivity index (χ3n) is 4.45. The van der Waals surface area contributed by atoms with Crippen molar-refractivity contribution >= 4 is 28.9 Å². The van der Waals surface area contributed by atoms with Gasteiger partial charge in [0, 0.05) is 17.9 Å². The molecule has 0 unspecified atom stereocenters. The predicted molar refractivity (Wildman–Crippen MR) is 100 cm³/mol. The normalized spacial score (nSPS) is 16.7. The smallest absolute Gasteiger partial charge is 0.254 e. The van der Waals surface area contributed by atoms with Crippen LogP contribution >= 0.6 is 0 Å². The Balaban J connectivity index is 1.51. The van der Waals surface area contributed by atoms with Gasteiger partial charge in [-0.25, -0.2) is 4.98 Å². The Kier molecular flexibility index (Phi) is 4.53. The lowest BCUT2D eigenvalue weighted by Gasteiger charge is -2.14. The molecule has 0 atom stereocenters. The zero-order valence-corrected chi connectivity index (χ0v) is 14.4. The number of ether oxygens (including phenoxy) is 1. The van der Waals surface area contributed by atoms with Crippen molar-refractivity contribution in [2.24, 2.45) is 5.73 Å². The van der Waals surface area contributed by atoms with Gasteiger partial charge >= 0.3 is 0 Å². The maximum absolute atomic E-state index is 11.5. The van der Waals surface area contributed by atoms with E-state index in [1.807, 2.05) is 12.1 Å². The Morgan fingerprint density at radius 2 is 2.04 bits per heavy atom. The lowest BCUT2D eigenvalue weighted by molar-refractivity contribution is 0.100. The Bertz CT molecular complexity index is 844. The summed E-state index contributed by atoms with van der Waals surface area (Å²) in [4.78, 5) is 20.2. The van der Waals surface area contributed by atoms with Crippen molar-refractivity contribution in [3.63, 3.8) is 0 Å². The average Bonchev–Trinajstić information content (AvgIpc) is 3.47. The van der Waals surface area contributed by atoms with Crippen LogP contribution in [0.2, 0.25) is 0 Å². The van der Waals surface area contributed by atoms with Gasteiger partial charge in [0.15, 0.2) is 0 Å². The van der Waals surface area contributed by atoms with Gasteiger partial charge in [-0.1, -0.05) is 18.2 Å². The molecule has 1 aliphatic carbocycles. The van der Waals surface area contributed by atoms with Crippen LogP contribution in [-0.2, 0) is 4.74 Å². The van der Waals surface area contributed by atoms with E-state index in [0.717, 1.165) is 31.6 Å². The van der Waals surface area contributed by atoms with Crippen molar-refractivity contribution in [3.05, 3.63) is 47.7 Å². The number of nitrogens with one attached hydrogen (secondary N) is 2. The monoisotopic (exact) mass is 351 g/mol. The maximum Gasteiger partial charge on any atom is 0.254 e. The topological polar surface area (TPSA) is 102 Å². The summed E-state index contributed by atoms with van der Waals surface area (Å²) in [6, 6.07) is 8.49. The van der Waals surface area contributed by atoms with Gasteiger partial charge in [0.2, 0.25) is 5.95 Å². The number of nitrogens with zero attached hydrogens (tertiary/aromatic N) is 2. The SMILES string of the molecule is NC(=O)c1cnc(Nc2ccc(C3=CCOCC3)cc2)nc1NC1CC1. The molecular weight excluding hydrogens is 330 g/mol. The summed E-state index contributed by atoms with van der Waals surface area (Å²) in [6.45, 7) is 1.44. The molecule has 26 heavy (non-hydrogen) atoms. The Morgan fingerprint density at radius 1 is 1.23 bits per heavy atom. The highest BCUT2D eigenvalue weighted by Crippen LogP contribution is 2.27. The zero-order chi connectivity index (χ0) is 17.9. The summed E-state index contributed by atoms with van der Waals surface area (Å²) in [5.41, 5.74) is 9.10. The molecule has 7 heteroatoms. The van der Waals surface area contributed by atoms with Gasteiger partial charge < -0.3 is 21.1 Å². The molecule has 0 radical (unpaired) electrons. The van der Waals surface area contributed by atoms with Crippen molar-refractivity contribution in [2.45, 2.75) is 25.3 Å². The van der Waals surface area contributed by atoms with Crippen LogP contribution in [0.1, 0.15) is 35.2 Å². The standard InChI is InChI=1S/C19H21N5O2/c20-17(25)16-11-21-19(24-18(16)22-14-5-6-14)23-15-3-1-12(2-4-15)13-7-9-26-10-8-13/h1-4,7,11,14H,5-6,8-10H2,(H2,20,25)(H2,21,22,23,24). The van der Waals surface area contributed by atoms with Crippen LogP contribution in [0.25, 0.3) is 5.57 Å². The Hall–Kier alpha value is -2.93. The maximum atomic E-state index is 11.5. The number of benzene rings is 1. The number of rotatable bonds is 6. The van der Waals surface area contributed by atoms with Crippen LogP contribution in [0.3, 0.4) is 0 Å². The number of hydrogen-bond acceptors (Lipinski definition) is 6. The molecule has 1 aliphatic heterocycles. The van der Waals surface area contributed by atoms with E-state index in [0.29, 0.717) is 30.0 Å². The van der Waals surface area contributed by atoms with E-state index < -0.39 is 5.91 Å². The molecule has 2 heterocycles. The summed E-state index contributed by atoms with van der Waals surface area (Å²) in [5, 5.41) is 6.41. The lowest BCUT2D eigenvalue weighted by Crippen LogP contribution is -2.17. The van der Waals surface area contributed by atoms with Gasteiger partial charge in [-0.05, 0) is 42.5 Å². The van der Waals surface area contributed by atoms with E-state index in [4.69, 9.17) is 10.5 Å². The number of anilines is 3. The highest BCUT2D eigenvalue weighted by Gasteiger charge is 2.24. The number of nitrogens with two attached hydrogens (primary N) is 1. The summed E-state index contributed by atoms with van der Waals surface area (Å²) >= 11 is 0. The van der Waals surface area contributed by atoms with E-state index in [1.54, 1.807) is 0 Å². The van der Waals surface area contributed by atoms with Crippen LogP contribution in [0.4, 0.5) is 17.5 Å². The van der Waals surface area contributed by atoms with Crippen molar-refractivity contribution < 1.29 is 9.53 Å². The number of amides is 1. The molecule has 1 aromatic heterocycles. The third-order valence-corrected chi connectivity index (χ3v) is 4.45. The number of aromatic nitrogens is 2. The summed E-state index contributed by atoms with van der Waals surface area (Å²) < 4.78 is 5.35. The molecule has 0 bridgehead atoms. The number of carbonyl (C=O) groups is 1. The van der Waals surface area contributed by atoms with Crippen molar-refractivity contribution in [1.82, 2.24) is 9.97 Å². The minimum atomic E-state index is -0.534. The molecule has 4 rings (SSSR count). The zero-order valence-electron chi connectivity index (χ0n) is 14.4. The summed E-state index contributed by atoms with van der Waals surface area (Å²) in [6.07, 6.45) is 6.66. The molecule has 4 N–H and O–H groups in total. The molecule has 1 saturated carbocycles. The summed E-state index contributed by atoms with van der Waals surface area (Å²) in [7, 11) is 0. The fourth-order valence-corrected chi connectivity index (χ4v) is 2.84. The number of primary amides is 1. The van der Waals surface area contributed by atoms with Gasteiger partial charge in [-0.2, -0.15) is 4.98 Å². The number of carbonyl (C=O) groups excluding carboxylic acids is 1. The van der Waals surface area contributed by atoms with E-state index in [-0.39, 0.29) is 0 Å². The third kappa shape index (κ3) is 3.83. The minimum Gasteiger partial charge on any atom is -0.377 e. The van der Waals surface area contributed by atoms with Gasteiger partial charge in [-0.15, -0.1) is 0 Å². The Morgan fingerprint density at radius 3 is 2.69 bits per heavy atom. The molecule has 2 aliphatic rings. The van der Waals surface area contributed by atoms with E-state index >= 15 is 0 Å². The second-order valence-electron chi connectivity index (χ2n) is 6.50. The molecule has 1 amide bonds. The summed E-state index contributed by atoms with van der Waals surface area (Å²) in [5.74, 6) is 0.381. The van der Waals surface area contributed by atoms with E-state index in [2.05, 4.69) is 38.8 Å². The first-order valence-corrected chi connectivity index (χ1v) is 8.76. The second-order valence-corrected chi connectivity index (χ2v) is 6.50. The van der Waals surface area contributed by atoms with Crippen molar-refractivity contribution in [1.29, 1.82) is 0 Å². The molecule has 0 saturated heterocycles. The van der Waals surface area contributed by atoms with Gasteiger partial charge in [-0.3, -0.25) is 4.79 Å². The quantitative estimate of drug-likeness (QED) is 0.739. The van der Waals surface area contributed by atoms with Crippen molar-refractivity contribution in [3.8, 4) is 0 Å². The van der Waals surface area contributed by atoms with Gasteiger partial charge in [0.25, 0.3) is 5.91 Å². The number of hydrogen-bond donors (Lipinski definition) is 3. The van der Waals surface area contributed by atoms with E-state index in [1.165, 1.54) is 17.3 Å². The lowest BCUT2D eigenvalue weighted by atomic mass is 10.0. The highest BCUT2D eigenvalue weighted by atomic mass is 16.5. The van der Waals surface area contributed by atoms with Gasteiger partial charge in [0.1, 0.15) is 5.82 Å². The van der Waals surface area contributed by atoms with Crippen LogP contribution in [0.5, 0.6) is 0 Å². The molecule has 1 aromatic carbocycles. The first kappa shape index (κ1) is 16.5. The molecular formula is C19H21N5O2. The molecule has 7 nitrogen and oxygen atoms in total. The predicted octanol–water partition coefficient (Wildman–Crippen LogP) is 2.70. The van der Waals surface area contributed by atoms with Crippen molar-refractivity contribution in [2.75, 3.05) is 23.8 Å². The fourth-order valence-electron chi connectivity index (χ4n) is 2.84. The second kappa shape index (κ2) is 7.13. The largest absolute Gasteiger partial charge is 0.377 e. The molecule has 134 valence electrons. The Labute approximate surface area is 151 Å². The first-order valence-electron chi connectivity index (χ1n) is 8.76. The molecule has 0 spiro atoms. The molecule has 1 fully saturated rings.